The minimum Gasteiger partial charge on any atom is -0.356 e. The maximum Gasteiger partial charge on any atom is 0.224 e. The van der Waals surface area contributed by atoms with E-state index in [0.717, 1.165) is 13.0 Å². The molecule has 1 aliphatic rings. The molecule has 2 N–H and O–H groups in total. The molecule has 1 unspecified atom stereocenters. The van der Waals surface area contributed by atoms with Gasteiger partial charge in [-0.05, 0) is 37.7 Å². The van der Waals surface area contributed by atoms with Crippen LogP contribution in [0.15, 0.2) is 58.3 Å². The van der Waals surface area contributed by atoms with Crippen LogP contribution >= 0.6 is 11.8 Å². The van der Waals surface area contributed by atoms with E-state index in [4.69, 9.17) is 0 Å². The second kappa shape index (κ2) is 8.41. The fraction of sp³-hybridized carbons (Fsp3) is 0.350. The summed E-state index contributed by atoms with van der Waals surface area (Å²) in [7, 11) is 1.87. The van der Waals surface area contributed by atoms with Gasteiger partial charge < -0.3 is 15.5 Å². The van der Waals surface area contributed by atoms with Crippen molar-refractivity contribution in [3.8, 4) is 0 Å². The van der Waals surface area contributed by atoms with E-state index >= 15 is 0 Å². The van der Waals surface area contributed by atoms with Crippen LogP contribution in [-0.4, -0.2) is 32.6 Å². The van der Waals surface area contributed by atoms with Crippen molar-refractivity contribution >= 4 is 29.0 Å². The van der Waals surface area contributed by atoms with Crippen LogP contribution in [0.25, 0.3) is 0 Å². The third-order valence-corrected chi connectivity index (χ3v) is 5.48. The number of nitrogens with one attached hydrogen (secondary N) is 2. The largest absolute Gasteiger partial charge is 0.356 e. The lowest BCUT2D eigenvalue weighted by atomic mass is 10.1. The number of rotatable bonds is 7. The van der Waals surface area contributed by atoms with Gasteiger partial charge in [0.15, 0.2) is 0 Å². The lowest BCUT2D eigenvalue weighted by Crippen LogP contribution is -2.35. The third kappa shape index (κ3) is 4.17. The summed E-state index contributed by atoms with van der Waals surface area (Å²) in [6.45, 7) is 4.23. The number of amides is 1. The summed E-state index contributed by atoms with van der Waals surface area (Å²) in [6, 6.07) is 17.0. The molecule has 2 aromatic rings. The molecule has 1 atom stereocenters. The Morgan fingerprint density at radius 3 is 2.28 bits per heavy atom. The van der Waals surface area contributed by atoms with Crippen LogP contribution in [0.4, 0.5) is 11.4 Å². The van der Waals surface area contributed by atoms with Gasteiger partial charge in [-0.15, -0.1) is 0 Å². The van der Waals surface area contributed by atoms with Crippen LogP contribution in [0, 0.1) is 5.92 Å². The van der Waals surface area contributed by atoms with Crippen LogP contribution < -0.4 is 15.5 Å². The molecule has 25 heavy (non-hydrogen) atoms. The van der Waals surface area contributed by atoms with Crippen molar-refractivity contribution in [2.75, 3.05) is 31.6 Å². The zero-order valence-corrected chi connectivity index (χ0v) is 15.6. The number of carbonyl (C=O) groups is 1. The fourth-order valence-electron chi connectivity index (χ4n) is 3.04. The highest BCUT2D eigenvalue weighted by Crippen LogP contribution is 2.47. The second-order valence-corrected chi connectivity index (χ2v) is 7.38. The zero-order chi connectivity index (χ0) is 17.6. The molecular weight excluding hydrogens is 330 g/mol. The van der Waals surface area contributed by atoms with Gasteiger partial charge >= 0.3 is 0 Å². The Morgan fingerprint density at radius 1 is 1.08 bits per heavy atom. The predicted octanol–water partition coefficient (Wildman–Crippen LogP) is 3.65. The van der Waals surface area contributed by atoms with Crippen molar-refractivity contribution in [3.05, 3.63) is 48.5 Å². The Kier molecular flexibility index (Phi) is 6.00. The molecule has 4 nitrogen and oxygen atoms in total. The molecule has 5 heteroatoms. The first-order chi connectivity index (χ1) is 12.2. The smallest absolute Gasteiger partial charge is 0.224 e. The van der Waals surface area contributed by atoms with Gasteiger partial charge in [-0.2, -0.15) is 0 Å². The van der Waals surface area contributed by atoms with Gasteiger partial charge in [0.05, 0.1) is 11.4 Å². The van der Waals surface area contributed by atoms with E-state index in [2.05, 4.69) is 64.1 Å². The van der Waals surface area contributed by atoms with Crippen LogP contribution in [0.2, 0.25) is 0 Å². The Bertz CT molecular complexity index is 689. The van der Waals surface area contributed by atoms with Crippen molar-refractivity contribution in [3.63, 3.8) is 0 Å². The molecule has 0 radical (unpaired) electrons. The first-order valence-electron chi connectivity index (χ1n) is 8.76. The molecule has 0 saturated carbocycles. The molecular formula is C20H25N3OS. The quantitative estimate of drug-likeness (QED) is 0.744. The Morgan fingerprint density at radius 2 is 1.68 bits per heavy atom. The Balaban J connectivity index is 1.64. The van der Waals surface area contributed by atoms with Crippen molar-refractivity contribution in [1.82, 2.24) is 10.6 Å². The summed E-state index contributed by atoms with van der Waals surface area (Å²) in [5, 5.41) is 6.09. The number of anilines is 2. The van der Waals surface area contributed by atoms with E-state index in [9.17, 15) is 4.79 Å². The summed E-state index contributed by atoms with van der Waals surface area (Å²) in [4.78, 5) is 16.9. The summed E-state index contributed by atoms with van der Waals surface area (Å²) < 4.78 is 0. The molecule has 1 heterocycles. The van der Waals surface area contributed by atoms with Gasteiger partial charge in [0.2, 0.25) is 5.91 Å². The molecule has 1 aliphatic heterocycles. The van der Waals surface area contributed by atoms with E-state index in [1.165, 1.54) is 21.2 Å². The molecule has 0 aliphatic carbocycles. The van der Waals surface area contributed by atoms with Gasteiger partial charge in [-0.1, -0.05) is 43.0 Å². The standard InChI is InChI=1S/C20H25N3OS/c1-15(14-21-2)20(24)22-12-7-13-23-16-8-3-5-10-18(16)25-19-11-6-4-9-17(19)23/h3-6,8-11,15,21H,7,12-14H2,1-2H3,(H,22,24). The Labute approximate surface area is 154 Å². The number of benzene rings is 2. The molecule has 0 fully saturated rings. The van der Waals surface area contributed by atoms with Crippen LogP contribution in [0.1, 0.15) is 13.3 Å². The van der Waals surface area contributed by atoms with Crippen molar-refractivity contribution < 1.29 is 4.79 Å². The number of nitrogens with zero attached hydrogens (tertiary/aromatic N) is 1. The average Bonchev–Trinajstić information content (AvgIpc) is 2.64. The molecule has 2 aromatic carbocycles. The minimum absolute atomic E-state index is 0.00200. The van der Waals surface area contributed by atoms with Gasteiger partial charge in [0.1, 0.15) is 0 Å². The second-order valence-electron chi connectivity index (χ2n) is 6.29. The molecule has 132 valence electrons. The highest BCUT2D eigenvalue weighted by atomic mass is 32.2. The topological polar surface area (TPSA) is 44.4 Å². The maximum absolute atomic E-state index is 12.0. The summed E-state index contributed by atoms with van der Waals surface area (Å²) in [6.07, 6.45) is 0.908. The average molecular weight is 356 g/mol. The normalized spacial score (nSPS) is 13.8. The van der Waals surface area contributed by atoms with Crippen molar-refractivity contribution in [2.24, 2.45) is 5.92 Å². The SMILES string of the molecule is CNCC(C)C(=O)NCCCN1c2ccccc2Sc2ccccc21. The molecule has 0 saturated heterocycles. The van der Waals surface area contributed by atoms with Crippen molar-refractivity contribution in [1.29, 1.82) is 0 Å². The lowest BCUT2D eigenvalue weighted by Gasteiger charge is -2.32. The number of fused-ring (bicyclic) bond motifs is 2. The van der Waals surface area contributed by atoms with Crippen LogP contribution in [-0.2, 0) is 4.79 Å². The number of carbonyl (C=O) groups excluding carboxylic acids is 1. The van der Waals surface area contributed by atoms with Gasteiger partial charge in [0.25, 0.3) is 0 Å². The number of hydrogen-bond acceptors (Lipinski definition) is 4. The maximum atomic E-state index is 12.0. The molecule has 0 aromatic heterocycles. The van der Waals surface area contributed by atoms with E-state index in [0.29, 0.717) is 13.1 Å². The van der Waals surface area contributed by atoms with E-state index < -0.39 is 0 Å². The van der Waals surface area contributed by atoms with E-state index in [-0.39, 0.29) is 11.8 Å². The predicted molar refractivity (Wildman–Crippen MR) is 105 cm³/mol. The van der Waals surface area contributed by atoms with Gasteiger partial charge in [-0.25, -0.2) is 0 Å². The van der Waals surface area contributed by atoms with Crippen LogP contribution in [0.3, 0.4) is 0 Å². The van der Waals surface area contributed by atoms with Crippen molar-refractivity contribution in [2.45, 2.75) is 23.1 Å². The number of para-hydroxylation sites is 2. The molecule has 0 spiro atoms. The lowest BCUT2D eigenvalue weighted by molar-refractivity contribution is -0.124. The number of hydrogen-bond donors (Lipinski definition) is 2. The van der Waals surface area contributed by atoms with E-state index in [1.54, 1.807) is 0 Å². The summed E-state index contributed by atoms with van der Waals surface area (Å²) in [5.41, 5.74) is 2.50. The zero-order valence-electron chi connectivity index (χ0n) is 14.8. The fourth-order valence-corrected chi connectivity index (χ4v) is 4.14. The third-order valence-electron chi connectivity index (χ3n) is 4.35. The van der Waals surface area contributed by atoms with Gasteiger partial charge in [-0.3, -0.25) is 4.79 Å². The highest BCUT2D eigenvalue weighted by molar-refractivity contribution is 7.99. The van der Waals surface area contributed by atoms with Gasteiger partial charge in [0, 0.05) is 35.3 Å². The van der Waals surface area contributed by atoms with E-state index in [1.807, 2.05) is 25.7 Å². The summed E-state index contributed by atoms with van der Waals surface area (Å²) in [5.74, 6) is 0.113. The monoisotopic (exact) mass is 355 g/mol. The summed E-state index contributed by atoms with van der Waals surface area (Å²) >= 11 is 1.82. The minimum atomic E-state index is -0.00200. The van der Waals surface area contributed by atoms with Crippen LogP contribution in [0.5, 0.6) is 0 Å². The first-order valence-corrected chi connectivity index (χ1v) is 9.58. The first kappa shape index (κ1) is 17.8. The highest BCUT2D eigenvalue weighted by Gasteiger charge is 2.22. The molecule has 1 amide bonds. The molecule has 0 bridgehead atoms. The molecule has 3 rings (SSSR count). The Hall–Kier alpha value is -1.98.